The van der Waals surface area contributed by atoms with Crippen LogP contribution in [-0.2, 0) is 0 Å². The van der Waals surface area contributed by atoms with Crippen LogP contribution in [0.1, 0.15) is 30.1 Å². The molecule has 3 aromatic rings. The van der Waals surface area contributed by atoms with Crippen LogP contribution in [0.2, 0.25) is 0 Å². The molecule has 4 rings (SSSR count). The molecule has 0 amide bonds. The summed E-state index contributed by atoms with van der Waals surface area (Å²) in [4.78, 5) is 9.13. The monoisotopic (exact) mass is 326 g/mol. The molecule has 1 fully saturated rings. The zero-order valence-electron chi connectivity index (χ0n) is 13.5. The van der Waals surface area contributed by atoms with Crippen molar-refractivity contribution in [3.63, 3.8) is 0 Å². The van der Waals surface area contributed by atoms with Crippen LogP contribution < -0.4 is 11.1 Å². The van der Waals surface area contributed by atoms with Crippen molar-refractivity contribution in [2.24, 2.45) is 0 Å². The third-order valence-corrected chi connectivity index (χ3v) is 4.52. The third kappa shape index (κ3) is 2.50. The molecule has 124 valence electrons. The minimum Gasteiger partial charge on any atom is -0.368 e. The Morgan fingerprint density at radius 2 is 2.21 bits per heavy atom. The predicted octanol–water partition coefficient (Wildman–Crippen LogP) is 2.29. The molecule has 24 heavy (non-hydrogen) atoms. The lowest BCUT2D eigenvalue weighted by Gasteiger charge is -2.19. The molecular weight excluding hydrogens is 307 g/mol. The average Bonchev–Trinajstić information content (AvgIpc) is 3.05. The van der Waals surface area contributed by atoms with Gasteiger partial charge in [-0.15, -0.1) is 5.10 Å². The Bertz CT molecular complexity index is 897. The van der Waals surface area contributed by atoms with E-state index in [-0.39, 0.29) is 17.7 Å². The number of aryl methyl sites for hydroxylation is 1. The standard InChI is InChI=1S/C17H19FN6/c1-10-14(11-4-2-6-13(18)8-11)21-17(19)24-16(10)22-15(23-24)12-5-3-7-20-9-12/h2,4,6,8,12,20H,3,5,7,9H2,1H3,(H2,19,21)/t12-/m1/s1. The molecule has 0 radical (unpaired) electrons. The minimum absolute atomic E-state index is 0.261. The van der Waals surface area contributed by atoms with Gasteiger partial charge in [0.05, 0.1) is 5.69 Å². The molecule has 1 aliphatic rings. The molecule has 6 nitrogen and oxygen atoms in total. The number of nitrogens with zero attached hydrogens (tertiary/aromatic N) is 4. The first-order valence-corrected chi connectivity index (χ1v) is 8.13. The zero-order valence-corrected chi connectivity index (χ0v) is 13.5. The van der Waals surface area contributed by atoms with Crippen LogP contribution in [0.25, 0.3) is 16.9 Å². The number of nitrogens with one attached hydrogen (secondary N) is 1. The summed E-state index contributed by atoms with van der Waals surface area (Å²) in [6, 6.07) is 6.34. The maximum absolute atomic E-state index is 13.5. The Balaban J connectivity index is 1.84. The number of hydrogen-bond acceptors (Lipinski definition) is 5. The largest absolute Gasteiger partial charge is 0.368 e. The van der Waals surface area contributed by atoms with E-state index in [1.54, 1.807) is 10.6 Å². The molecular formula is C17H19FN6. The number of halogens is 1. The van der Waals surface area contributed by atoms with Crippen molar-refractivity contribution in [1.82, 2.24) is 24.9 Å². The van der Waals surface area contributed by atoms with Gasteiger partial charge in [0.25, 0.3) is 0 Å². The highest BCUT2D eigenvalue weighted by Crippen LogP contribution is 2.28. The lowest BCUT2D eigenvalue weighted by atomic mass is 9.99. The van der Waals surface area contributed by atoms with Gasteiger partial charge in [0.15, 0.2) is 11.5 Å². The first-order valence-electron chi connectivity index (χ1n) is 8.13. The second-order valence-corrected chi connectivity index (χ2v) is 6.20. The molecule has 2 aromatic heterocycles. The van der Waals surface area contributed by atoms with Gasteiger partial charge in [-0.05, 0) is 38.4 Å². The Kier molecular flexibility index (Phi) is 3.65. The van der Waals surface area contributed by atoms with Gasteiger partial charge in [-0.3, -0.25) is 0 Å². The maximum atomic E-state index is 13.5. The van der Waals surface area contributed by atoms with Gasteiger partial charge in [0.1, 0.15) is 5.82 Å². The van der Waals surface area contributed by atoms with E-state index < -0.39 is 0 Å². The van der Waals surface area contributed by atoms with Gasteiger partial charge in [0.2, 0.25) is 5.95 Å². The molecule has 0 saturated carbocycles. The van der Waals surface area contributed by atoms with Crippen molar-refractivity contribution >= 4 is 11.6 Å². The Morgan fingerprint density at radius 3 is 2.96 bits per heavy atom. The van der Waals surface area contributed by atoms with Crippen LogP contribution in [0.5, 0.6) is 0 Å². The van der Waals surface area contributed by atoms with Crippen LogP contribution in [0.4, 0.5) is 10.3 Å². The highest BCUT2D eigenvalue weighted by Gasteiger charge is 2.22. The SMILES string of the molecule is Cc1c(-c2cccc(F)c2)nc(N)n2nc([C@@H]3CCCNC3)nc12. The first-order chi connectivity index (χ1) is 11.6. The van der Waals surface area contributed by atoms with E-state index in [0.717, 1.165) is 37.3 Å². The van der Waals surface area contributed by atoms with E-state index in [2.05, 4.69) is 15.4 Å². The maximum Gasteiger partial charge on any atom is 0.223 e. The summed E-state index contributed by atoms with van der Waals surface area (Å²) in [6.45, 7) is 3.83. The van der Waals surface area contributed by atoms with Gasteiger partial charge >= 0.3 is 0 Å². The molecule has 3 heterocycles. The lowest BCUT2D eigenvalue weighted by molar-refractivity contribution is 0.447. The van der Waals surface area contributed by atoms with Gasteiger partial charge in [0, 0.05) is 23.6 Å². The number of nitrogen functional groups attached to an aromatic ring is 1. The number of aromatic nitrogens is 4. The quantitative estimate of drug-likeness (QED) is 0.755. The summed E-state index contributed by atoms with van der Waals surface area (Å²) in [6.07, 6.45) is 2.18. The topological polar surface area (TPSA) is 81.1 Å². The van der Waals surface area contributed by atoms with E-state index in [1.165, 1.54) is 12.1 Å². The Hall–Kier alpha value is -2.54. The number of piperidine rings is 1. The molecule has 0 spiro atoms. The lowest BCUT2D eigenvalue weighted by Crippen LogP contribution is -2.29. The summed E-state index contributed by atoms with van der Waals surface area (Å²) in [5.74, 6) is 1.03. The molecule has 3 N–H and O–H groups in total. The van der Waals surface area contributed by atoms with Crippen LogP contribution in [0.3, 0.4) is 0 Å². The molecule has 7 heteroatoms. The molecule has 0 bridgehead atoms. The van der Waals surface area contributed by atoms with Crippen LogP contribution in [-0.4, -0.2) is 32.7 Å². The van der Waals surface area contributed by atoms with E-state index in [0.29, 0.717) is 16.9 Å². The van der Waals surface area contributed by atoms with E-state index in [4.69, 9.17) is 10.7 Å². The van der Waals surface area contributed by atoms with E-state index >= 15 is 0 Å². The molecule has 1 aromatic carbocycles. The van der Waals surface area contributed by atoms with E-state index in [1.807, 2.05) is 13.0 Å². The fourth-order valence-corrected chi connectivity index (χ4v) is 3.24. The molecule has 1 aliphatic heterocycles. The van der Waals surface area contributed by atoms with Crippen molar-refractivity contribution in [3.05, 3.63) is 41.5 Å². The van der Waals surface area contributed by atoms with Crippen molar-refractivity contribution in [1.29, 1.82) is 0 Å². The van der Waals surface area contributed by atoms with Gasteiger partial charge in [-0.2, -0.15) is 4.52 Å². The van der Waals surface area contributed by atoms with Crippen molar-refractivity contribution < 1.29 is 4.39 Å². The summed E-state index contributed by atoms with van der Waals surface area (Å²) in [5, 5.41) is 7.93. The predicted molar refractivity (Wildman–Crippen MR) is 90.2 cm³/mol. The average molecular weight is 326 g/mol. The summed E-state index contributed by atoms with van der Waals surface area (Å²) in [7, 11) is 0. The van der Waals surface area contributed by atoms with Crippen molar-refractivity contribution in [2.45, 2.75) is 25.7 Å². The van der Waals surface area contributed by atoms with Crippen molar-refractivity contribution in [2.75, 3.05) is 18.8 Å². The molecule has 1 atom stereocenters. The number of fused-ring (bicyclic) bond motifs is 1. The van der Waals surface area contributed by atoms with Gasteiger partial charge in [-0.25, -0.2) is 14.4 Å². The fraction of sp³-hybridized carbons (Fsp3) is 0.353. The van der Waals surface area contributed by atoms with Crippen LogP contribution in [0.15, 0.2) is 24.3 Å². The number of nitrogens with two attached hydrogens (primary N) is 1. The van der Waals surface area contributed by atoms with Crippen LogP contribution >= 0.6 is 0 Å². The normalized spacial score (nSPS) is 18.2. The van der Waals surface area contributed by atoms with Crippen LogP contribution in [0, 0.1) is 12.7 Å². The summed E-state index contributed by atoms with van der Waals surface area (Å²) < 4.78 is 15.1. The minimum atomic E-state index is -0.303. The Morgan fingerprint density at radius 1 is 1.33 bits per heavy atom. The molecule has 1 saturated heterocycles. The molecule has 0 unspecified atom stereocenters. The van der Waals surface area contributed by atoms with E-state index in [9.17, 15) is 4.39 Å². The molecule has 0 aliphatic carbocycles. The highest BCUT2D eigenvalue weighted by molar-refractivity contribution is 5.71. The number of anilines is 1. The summed E-state index contributed by atoms with van der Waals surface area (Å²) >= 11 is 0. The Labute approximate surface area is 138 Å². The number of hydrogen-bond donors (Lipinski definition) is 2. The zero-order chi connectivity index (χ0) is 16.7. The highest BCUT2D eigenvalue weighted by atomic mass is 19.1. The second-order valence-electron chi connectivity index (χ2n) is 6.20. The first kappa shape index (κ1) is 15.0. The third-order valence-electron chi connectivity index (χ3n) is 4.52. The second kappa shape index (κ2) is 5.83. The van der Waals surface area contributed by atoms with Crippen molar-refractivity contribution in [3.8, 4) is 11.3 Å². The van der Waals surface area contributed by atoms with Gasteiger partial charge in [-0.1, -0.05) is 12.1 Å². The smallest absolute Gasteiger partial charge is 0.223 e. The summed E-state index contributed by atoms with van der Waals surface area (Å²) in [5.41, 5.74) is 8.94. The fourth-order valence-electron chi connectivity index (χ4n) is 3.24. The van der Waals surface area contributed by atoms with Gasteiger partial charge < -0.3 is 11.1 Å². The number of rotatable bonds is 2. The number of benzene rings is 1.